The topological polar surface area (TPSA) is 35.5 Å². The molecule has 1 heterocycles. The van der Waals surface area contributed by atoms with Gasteiger partial charge in [-0.1, -0.05) is 30.3 Å². The molecule has 0 radical (unpaired) electrons. The van der Waals surface area contributed by atoms with Gasteiger partial charge in [0.1, 0.15) is 11.5 Å². The third-order valence-electron chi connectivity index (χ3n) is 3.22. The second-order valence-electron chi connectivity index (χ2n) is 4.64. The van der Waals surface area contributed by atoms with Gasteiger partial charge in [0.15, 0.2) is 0 Å². The Bertz CT molecular complexity index is 710. The number of esters is 1. The van der Waals surface area contributed by atoms with Crippen molar-refractivity contribution in [3.63, 3.8) is 0 Å². The number of rotatable bonds is 3. The number of ether oxygens (including phenoxy) is 2. The van der Waals surface area contributed by atoms with Crippen LogP contribution in [0.15, 0.2) is 66.2 Å². The SMILES string of the molecule is COc1ccc(C2=C/C(=C/c3ccccc3)C(=O)O2)cc1. The minimum atomic E-state index is -0.329. The van der Waals surface area contributed by atoms with Crippen molar-refractivity contribution in [2.75, 3.05) is 7.11 Å². The molecule has 0 unspecified atom stereocenters. The molecule has 104 valence electrons. The Balaban J connectivity index is 1.89. The van der Waals surface area contributed by atoms with Gasteiger partial charge in [0, 0.05) is 5.56 Å². The van der Waals surface area contributed by atoms with Crippen molar-refractivity contribution in [2.24, 2.45) is 0 Å². The van der Waals surface area contributed by atoms with Gasteiger partial charge in [0.2, 0.25) is 0 Å². The number of hydrogen-bond acceptors (Lipinski definition) is 3. The molecule has 3 rings (SSSR count). The third kappa shape index (κ3) is 2.87. The summed E-state index contributed by atoms with van der Waals surface area (Å²) in [7, 11) is 1.62. The molecule has 0 aliphatic carbocycles. The van der Waals surface area contributed by atoms with Crippen molar-refractivity contribution in [2.45, 2.75) is 0 Å². The lowest BCUT2D eigenvalue weighted by Crippen LogP contribution is -1.97. The Morgan fingerprint density at radius 1 is 1.00 bits per heavy atom. The molecule has 21 heavy (non-hydrogen) atoms. The van der Waals surface area contributed by atoms with Gasteiger partial charge in [-0.2, -0.15) is 0 Å². The average molecular weight is 278 g/mol. The highest BCUT2D eigenvalue weighted by atomic mass is 16.5. The predicted octanol–water partition coefficient (Wildman–Crippen LogP) is 3.68. The Morgan fingerprint density at radius 3 is 2.38 bits per heavy atom. The second kappa shape index (κ2) is 5.67. The van der Waals surface area contributed by atoms with Crippen LogP contribution in [0.3, 0.4) is 0 Å². The molecule has 2 aromatic carbocycles. The van der Waals surface area contributed by atoms with Gasteiger partial charge in [0.05, 0.1) is 12.7 Å². The average Bonchev–Trinajstić information content (AvgIpc) is 2.89. The van der Waals surface area contributed by atoms with E-state index in [2.05, 4.69) is 0 Å². The van der Waals surface area contributed by atoms with Crippen LogP contribution < -0.4 is 4.74 Å². The maximum atomic E-state index is 11.9. The van der Waals surface area contributed by atoms with Gasteiger partial charge in [0.25, 0.3) is 0 Å². The van der Waals surface area contributed by atoms with E-state index in [0.717, 1.165) is 16.9 Å². The molecule has 2 aromatic rings. The van der Waals surface area contributed by atoms with E-state index in [-0.39, 0.29) is 5.97 Å². The normalized spacial score (nSPS) is 15.8. The molecule has 0 bridgehead atoms. The standard InChI is InChI=1S/C18H14O3/c1-20-16-9-7-14(8-10-16)17-12-15(18(19)21-17)11-13-5-3-2-4-6-13/h2-12H,1H3/b15-11-. The number of hydrogen-bond donors (Lipinski definition) is 0. The monoisotopic (exact) mass is 278 g/mol. The summed E-state index contributed by atoms with van der Waals surface area (Å²) >= 11 is 0. The van der Waals surface area contributed by atoms with Crippen LogP contribution in [0.5, 0.6) is 5.75 Å². The molecule has 0 N–H and O–H groups in total. The smallest absolute Gasteiger partial charge is 0.343 e. The molecule has 1 aliphatic heterocycles. The van der Waals surface area contributed by atoms with Crippen molar-refractivity contribution in [3.05, 3.63) is 77.4 Å². The fourth-order valence-corrected chi connectivity index (χ4v) is 2.12. The molecule has 0 aromatic heterocycles. The van der Waals surface area contributed by atoms with E-state index in [1.807, 2.05) is 60.7 Å². The van der Waals surface area contributed by atoms with Crippen molar-refractivity contribution >= 4 is 17.8 Å². The number of benzene rings is 2. The van der Waals surface area contributed by atoms with Crippen LogP contribution in [-0.4, -0.2) is 13.1 Å². The van der Waals surface area contributed by atoms with Crippen LogP contribution in [0, 0.1) is 0 Å². The molecule has 1 aliphatic rings. The van der Waals surface area contributed by atoms with Crippen molar-refractivity contribution in [3.8, 4) is 5.75 Å². The van der Waals surface area contributed by atoms with Gasteiger partial charge in [-0.3, -0.25) is 0 Å². The molecule has 0 amide bonds. The van der Waals surface area contributed by atoms with E-state index in [0.29, 0.717) is 11.3 Å². The summed E-state index contributed by atoms with van der Waals surface area (Å²) in [5.41, 5.74) is 2.37. The molecule has 0 atom stereocenters. The van der Waals surface area contributed by atoms with Crippen LogP contribution in [0.25, 0.3) is 11.8 Å². The lowest BCUT2D eigenvalue weighted by molar-refractivity contribution is -0.130. The summed E-state index contributed by atoms with van der Waals surface area (Å²) in [6.45, 7) is 0. The van der Waals surface area contributed by atoms with Crippen molar-refractivity contribution in [1.82, 2.24) is 0 Å². The number of carbonyl (C=O) groups excluding carboxylic acids is 1. The minimum Gasteiger partial charge on any atom is -0.497 e. The molecule has 0 saturated carbocycles. The summed E-state index contributed by atoms with van der Waals surface area (Å²) in [6, 6.07) is 17.1. The number of carbonyl (C=O) groups is 1. The molecule has 3 heteroatoms. The van der Waals surface area contributed by atoms with Crippen LogP contribution >= 0.6 is 0 Å². The molecular formula is C18H14O3. The minimum absolute atomic E-state index is 0.329. The van der Waals surface area contributed by atoms with Crippen LogP contribution in [0.2, 0.25) is 0 Å². The zero-order valence-electron chi connectivity index (χ0n) is 11.6. The predicted molar refractivity (Wildman–Crippen MR) is 81.5 cm³/mol. The summed E-state index contributed by atoms with van der Waals surface area (Å²) < 4.78 is 10.4. The van der Waals surface area contributed by atoms with E-state index >= 15 is 0 Å². The quantitative estimate of drug-likeness (QED) is 0.634. The zero-order chi connectivity index (χ0) is 14.7. The molecular weight excluding hydrogens is 264 g/mol. The highest BCUT2D eigenvalue weighted by Gasteiger charge is 2.21. The Labute approximate surface area is 123 Å². The third-order valence-corrected chi connectivity index (χ3v) is 3.22. The summed E-state index contributed by atoms with van der Waals surface area (Å²) in [5, 5.41) is 0. The fraction of sp³-hybridized carbons (Fsp3) is 0.0556. The highest BCUT2D eigenvalue weighted by Crippen LogP contribution is 2.28. The molecule has 3 nitrogen and oxygen atoms in total. The number of methoxy groups -OCH3 is 1. The van der Waals surface area contributed by atoms with Crippen LogP contribution in [0.4, 0.5) is 0 Å². The number of cyclic esters (lactones) is 1. The van der Waals surface area contributed by atoms with Gasteiger partial charge in [-0.05, 0) is 42.0 Å². The maximum Gasteiger partial charge on any atom is 0.343 e. The Hall–Kier alpha value is -2.81. The lowest BCUT2D eigenvalue weighted by Gasteiger charge is -2.03. The van der Waals surface area contributed by atoms with E-state index in [1.165, 1.54) is 0 Å². The Kier molecular flexibility index (Phi) is 3.56. The van der Waals surface area contributed by atoms with E-state index < -0.39 is 0 Å². The van der Waals surface area contributed by atoms with E-state index in [4.69, 9.17) is 9.47 Å². The first-order valence-electron chi connectivity index (χ1n) is 6.61. The van der Waals surface area contributed by atoms with Crippen molar-refractivity contribution in [1.29, 1.82) is 0 Å². The summed E-state index contributed by atoms with van der Waals surface area (Å²) in [4.78, 5) is 11.9. The largest absolute Gasteiger partial charge is 0.497 e. The fourth-order valence-electron chi connectivity index (χ4n) is 2.12. The summed E-state index contributed by atoms with van der Waals surface area (Å²) in [6.07, 6.45) is 3.58. The first kappa shape index (κ1) is 13.2. The van der Waals surface area contributed by atoms with Crippen LogP contribution in [0.1, 0.15) is 11.1 Å². The summed E-state index contributed by atoms with van der Waals surface area (Å²) in [5.74, 6) is 0.998. The van der Waals surface area contributed by atoms with Gasteiger partial charge < -0.3 is 9.47 Å². The molecule has 0 saturated heterocycles. The van der Waals surface area contributed by atoms with Gasteiger partial charge in [-0.25, -0.2) is 4.79 Å². The van der Waals surface area contributed by atoms with Gasteiger partial charge >= 0.3 is 5.97 Å². The molecule has 0 fully saturated rings. The van der Waals surface area contributed by atoms with Crippen molar-refractivity contribution < 1.29 is 14.3 Å². The van der Waals surface area contributed by atoms with Gasteiger partial charge in [-0.15, -0.1) is 0 Å². The van der Waals surface area contributed by atoms with Crippen LogP contribution in [-0.2, 0) is 9.53 Å². The van der Waals surface area contributed by atoms with E-state index in [9.17, 15) is 4.79 Å². The highest BCUT2D eigenvalue weighted by molar-refractivity contribution is 6.05. The zero-order valence-corrected chi connectivity index (χ0v) is 11.6. The van der Waals surface area contributed by atoms with E-state index in [1.54, 1.807) is 13.2 Å². The Morgan fingerprint density at radius 2 is 1.71 bits per heavy atom. The first-order chi connectivity index (χ1) is 10.3. The lowest BCUT2D eigenvalue weighted by atomic mass is 10.1. The molecule has 0 spiro atoms. The second-order valence-corrected chi connectivity index (χ2v) is 4.64. The first-order valence-corrected chi connectivity index (χ1v) is 6.61. The maximum absolute atomic E-state index is 11.9.